The third-order valence-corrected chi connectivity index (χ3v) is 6.35. The Bertz CT molecular complexity index is 432. The highest BCUT2D eigenvalue weighted by molar-refractivity contribution is 5.72. The van der Waals surface area contributed by atoms with Gasteiger partial charge in [-0.25, -0.2) is 0 Å². The molecular weight excluding hydrogens is 456 g/mol. The van der Waals surface area contributed by atoms with Crippen LogP contribution in [0.15, 0.2) is 0 Å². The average molecular weight is 517 g/mol. The normalized spacial score (nSPS) is 12.2. The summed E-state index contributed by atoms with van der Waals surface area (Å²) in [6.45, 7) is 12.0. The highest BCUT2D eigenvalue weighted by atomic mass is 16.6. The predicted octanol–water partition coefficient (Wildman–Crippen LogP) is 7.51. The molecule has 0 heterocycles. The van der Waals surface area contributed by atoms with E-state index >= 15 is 0 Å². The largest absolute Gasteiger partial charge is 0.465 e. The molecule has 0 fully saturated rings. The first-order valence-electron chi connectivity index (χ1n) is 15.2. The topological polar surface area (TPSA) is 63.2 Å². The van der Waals surface area contributed by atoms with Crippen LogP contribution in [0.5, 0.6) is 0 Å². The number of hydrogen-bond donors (Lipinski definition) is 0. The fraction of sp³-hybridized carbons (Fsp3) is 0.967. The van der Waals surface area contributed by atoms with Gasteiger partial charge in [-0.2, -0.15) is 0 Å². The van der Waals surface area contributed by atoms with Gasteiger partial charge in [-0.3, -0.25) is 4.79 Å². The monoisotopic (exact) mass is 516 g/mol. The van der Waals surface area contributed by atoms with E-state index in [1.54, 1.807) is 0 Å². The summed E-state index contributed by atoms with van der Waals surface area (Å²) in [5.41, 5.74) is 0. The van der Waals surface area contributed by atoms with Crippen LogP contribution in [0, 0.1) is 5.92 Å². The van der Waals surface area contributed by atoms with E-state index in [2.05, 4.69) is 20.8 Å². The van der Waals surface area contributed by atoms with Crippen molar-refractivity contribution in [1.82, 2.24) is 0 Å². The van der Waals surface area contributed by atoms with Gasteiger partial charge in [0.05, 0.1) is 52.2 Å². The first-order valence-corrected chi connectivity index (χ1v) is 15.2. The van der Waals surface area contributed by atoms with Crippen molar-refractivity contribution >= 4 is 5.97 Å². The lowest BCUT2D eigenvalue weighted by Gasteiger charge is -2.16. The van der Waals surface area contributed by atoms with Crippen molar-refractivity contribution in [2.24, 2.45) is 5.92 Å². The molecule has 0 aromatic heterocycles. The average Bonchev–Trinajstić information content (AvgIpc) is 2.89. The lowest BCUT2D eigenvalue weighted by molar-refractivity contribution is -0.149. The highest BCUT2D eigenvalue weighted by Crippen LogP contribution is 2.16. The molecule has 0 aliphatic rings. The van der Waals surface area contributed by atoms with Crippen molar-refractivity contribution in [2.45, 2.75) is 124 Å². The summed E-state index contributed by atoms with van der Waals surface area (Å²) in [6.07, 6.45) is 18.6. The summed E-state index contributed by atoms with van der Waals surface area (Å²) in [5, 5.41) is 0. The first-order chi connectivity index (χ1) is 17.8. The van der Waals surface area contributed by atoms with E-state index in [9.17, 15) is 4.79 Å². The van der Waals surface area contributed by atoms with Gasteiger partial charge in [0.2, 0.25) is 0 Å². The molecule has 1 unspecified atom stereocenters. The molecule has 36 heavy (non-hydrogen) atoms. The van der Waals surface area contributed by atoms with E-state index in [1.807, 2.05) is 0 Å². The van der Waals surface area contributed by atoms with E-state index < -0.39 is 0 Å². The Balaban J connectivity index is 3.54. The van der Waals surface area contributed by atoms with E-state index in [1.165, 1.54) is 57.8 Å². The van der Waals surface area contributed by atoms with Crippen molar-refractivity contribution in [1.29, 1.82) is 0 Å². The van der Waals surface area contributed by atoms with Gasteiger partial charge in [-0.1, -0.05) is 97.8 Å². The zero-order valence-electron chi connectivity index (χ0n) is 24.2. The van der Waals surface area contributed by atoms with Crippen LogP contribution in [0.1, 0.15) is 124 Å². The molecule has 216 valence electrons. The fourth-order valence-corrected chi connectivity index (χ4v) is 3.98. The van der Waals surface area contributed by atoms with Gasteiger partial charge in [0.25, 0.3) is 0 Å². The molecule has 0 aliphatic heterocycles. The number of rotatable bonds is 30. The van der Waals surface area contributed by atoms with Crippen LogP contribution < -0.4 is 0 Å². The number of ether oxygens (including phenoxy) is 5. The number of hydrogen-bond acceptors (Lipinski definition) is 6. The maximum atomic E-state index is 12.5. The summed E-state index contributed by atoms with van der Waals surface area (Å²) < 4.78 is 27.9. The first kappa shape index (κ1) is 35.3. The standard InChI is InChI=1S/C30H60O6/c1-4-7-10-12-14-16-20-32-23-25-34-27-28-35-26-24-33-22-19-29(18-9-6-3)30(31)36-21-17-15-13-11-8-5-2/h29H,4-28H2,1-3H3. The van der Waals surface area contributed by atoms with Crippen LogP contribution >= 0.6 is 0 Å². The molecule has 0 saturated heterocycles. The van der Waals surface area contributed by atoms with Crippen molar-refractivity contribution < 1.29 is 28.5 Å². The number of esters is 1. The molecule has 6 heteroatoms. The minimum Gasteiger partial charge on any atom is -0.465 e. The fourth-order valence-electron chi connectivity index (χ4n) is 3.98. The Morgan fingerprint density at radius 2 is 0.861 bits per heavy atom. The molecule has 0 N–H and O–H groups in total. The zero-order valence-corrected chi connectivity index (χ0v) is 24.2. The number of unbranched alkanes of at least 4 members (excludes halogenated alkanes) is 11. The van der Waals surface area contributed by atoms with Gasteiger partial charge in [0.1, 0.15) is 0 Å². The number of carbonyl (C=O) groups is 1. The van der Waals surface area contributed by atoms with Crippen molar-refractivity contribution in [2.75, 3.05) is 59.5 Å². The number of carbonyl (C=O) groups excluding carboxylic acids is 1. The van der Waals surface area contributed by atoms with Crippen molar-refractivity contribution in [3.05, 3.63) is 0 Å². The molecule has 0 spiro atoms. The summed E-state index contributed by atoms with van der Waals surface area (Å²) in [4.78, 5) is 12.5. The molecule has 0 rings (SSSR count). The molecule has 0 amide bonds. The maximum absolute atomic E-state index is 12.5. The van der Waals surface area contributed by atoms with Gasteiger partial charge in [-0.15, -0.1) is 0 Å². The Morgan fingerprint density at radius 1 is 0.444 bits per heavy atom. The minimum absolute atomic E-state index is 0.0510. The van der Waals surface area contributed by atoms with Gasteiger partial charge < -0.3 is 23.7 Å². The summed E-state index contributed by atoms with van der Waals surface area (Å²) >= 11 is 0. The summed E-state index contributed by atoms with van der Waals surface area (Å²) in [7, 11) is 0. The molecule has 6 nitrogen and oxygen atoms in total. The van der Waals surface area contributed by atoms with Crippen LogP contribution in [0.4, 0.5) is 0 Å². The molecule has 0 bridgehead atoms. The summed E-state index contributed by atoms with van der Waals surface area (Å²) in [6, 6.07) is 0. The molecule has 1 atom stereocenters. The third-order valence-electron chi connectivity index (χ3n) is 6.35. The van der Waals surface area contributed by atoms with Gasteiger partial charge in [0.15, 0.2) is 0 Å². The lowest BCUT2D eigenvalue weighted by atomic mass is 9.99. The van der Waals surface area contributed by atoms with Crippen LogP contribution in [0.3, 0.4) is 0 Å². The quantitative estimate of drug-likeness (QED) is 0.0727. The Kier molecular flexibility index (Phi) is 29.9. The van der Waals surface area contributed by atoms with Crippen LogP contribution in [0.25, 0.3) is 0 Å². The lowest BCUT2D eigenvalue weighted by Crippen LogP contribution is -2.21. The highest BCUT2D eigenvalue weighted by Gasteiger charge is 2.19. The van der Waals surface area contributed by atoms with Gasteiger partial charge >= 0.3 is 5.97 Å². The zero-order chi connectivity index (χ0) is 26.4. The SMILES string of the molecule is CCCCCCCCOCCOCCOCCOCCC(CCCC)C(=O)OCCCCCCCC. The Morgan fingerprint density at radius 3 is 1.39 bits per heavy atom. The maximum Gasteiger partial charge on any atom is 0.309 e. The van der Waals surface area contributed by atoms with E-state index in [0.29, 0.717) is 52.9 Å². The predicted molar refractivity (Wildman–Crippen MR) is 149 cm³/mol. The molecule has 0 saturated carbocycles. The van der Waals surface area contributed by atoms with Crippen LogP contribution in [-0.4, -0.2) is 65.4 Å². The molecular formula is C30H60O6. The second-order valence-electron chi connectivity index (χ2n) is 9.78. The van der Waals surface area contributed by atoms with Crippen LogP contribution in [0.2, 0.25) is 0 Å². The van der Waals surface area contributed by atoms with E-state index in [0.717, 1.165) is 51.6 Å². The minimum atomic E-state index is -0.0531. The molecule has 0 aromatic carbocycles. The Labute approximate surface area is 223 Å². The summed E-state index contributed by atoms with van der Waals surface area (Å²) in [5.74, 6) is -0.104. The van der Waals surface area contributed by atoms with Crippen LogP contribution in [-0.2, 0) is 28.5 Å². The van der Waals surface area contributed by atoms with Crippen molar-refractivity contribution in [3.63, 3.8) is 0 Å². The molecule has 0 radical (unpaired) electrons. The third kappa shape index (κ3) is 26.4. The molecule has 0 aliphatic carbocycles. The van der Waals surface area contributed by atoms with Gasteiger partial charge in [-0.05, 0) is 25.7 Å². The van der Waals surface area contributed by atoms with Crippen molar-refractivity contribution in [3.8, 4) is 0 Å². The van der Waals surface area contributed by atoms with E-state index in [-0.39, 0.29) is 11.9 Å². The Hall–Kier alpha value is -0.690. The van der Waals surface area contributed by atoms with Gasteiger partial charge in [0, 0.05) is 13.2 Å². The molecule has 0 aromatic rings. The smallest absolute Gasteiger partial charge is 0.309 e. The second-order valence-corrected chi connectivity index (χ2v) is 9.78. The van der Waals surface area contributed by atoms with E-state index in [4.69, 9.17) is 23.7 Å². The second kappa shape index (κ2) is 30.5.